The van der Waals surface area contributed by atoms with Crippen molar-refractivity contribution in [3.8, 4) is 0 Å². The van der Waals surface area contributed by atoms with E-state index in [4.69, 9.17) is 17.3 Å². The number of aromatic nitrogens is 4. The van der Waals surface area contributed by atoms with Gasteiger partial charge in [0.05, 0.1) is 28.1 Å². The van der Waals surface area contributed by atoms with Crippen LogP contribution in [0.3, 0.4) is 0 Å². The van der Waals surface area contributed by atoms with Gasteiger partial charge in [-0.1, -0.05) is 17.7 Å². The number of rotatable bonds is 5. The number of hydrogen-bond acceptors (Lipinski definition) is 6. The number of primary amides is 1. The van der Waals surface area contributed by atoms with Gasteiger partial charge < -0.3 is 16.4 Å². The lowest BCUT2D eigenvalue weighted by atomic mass is 10.1. The van der Waals surface area contributed by atoms with Crippen LogP contribution in [0.2, 0.25) is 5.02 Å². The highest BCUT2D eigenvalue weighted by atomic mass is 35.5. The Balaban J connectivity index is 1.94. The Bertz CT molecular complexity index is 1010. The summed E-state index contributed by atoms with van der Waals surface area (Å²) in [6.45, 7) is 6.05. The molecule has 146 valence electrons. The summed E-state index contributed by atoms with van der Waals surface area (Å²) in [4.78, 5) is 20.0. The predicted octanol–water partition coefficient (Wildman–Crippen LogP) is 3.81. The van der Waals surface area contributed by atoms with Crippen molar-refractivity contribution in [1.82, 2.24) is 19.7 Å². The fourth-order valence-corrected chi connectivity index (χ4v) is 2.55. The second-order valence-electron chi connectivity index (χ2n) is 7.01. The molecule has 0 atom stereocenters. The SMILES string of the molecule is CC(C)(C)n1cc(Nc2ncc(C(N)=O)c(Nc3c(F)cccc3Cl)n2)cn1. The van der Waals surface area contributed by atoms with Gasteiger partial charge in [0.1, 0.15) is 17.2 Å². The van der Waals surface area contributed by atoms with Gasteiger partial charge in [-0.15, -0.1) is 0 Å². The van der Waals surface area contributed by atoms with Crippen LogP contribution in [-0.2, 0) is 5.54 Å². The zero-order chi connectivity index (χ0) is 20.5. The van der Waals surface area contributed by atoms with Crippen LogP contribution in [0.5, 0.6) is 0 Å². The summed E-state index contributed by atoms with van der Waals surface area (Å²) < 4.78 is 15.9. The number of para-hydroxylation sites is 1. The number of nitrogens with two attached hydrogens (primary N) is 1. The van der Waals surface area contributed by atoms with Gasteiger partial charge in [0.25, 0.3) is 5.91 Å². The molecule has 10 heteroatoms. The molecule has 0 unspecified atom stereocenters. The summed E-state index contributed by atoms with van der Waals surface area (Å²) in [5, 5.41) is 10.1. The fraction of sp³-hybridized carbons (Fsp3) is 0.222. The van der Waals surface area contributed by atoms with Gasteiger partial charge in [-0.2, -0.15) is 10.1 Å². The number of nitrogens with one attached hydrogen (secondary N) is 2. The van der Waals surface area contributed by atoms with E-state index in [1.54, 1.807) is 17.1 Å². The highest BCUT2D eigenvalue weighted by molar-refractivity contribution is 6.33. The number of carbonyl (C=O) groups is 1. The Labute approximate surface area is 165 Å². The lowest BCUT2D eigenvalue weighted by Crippen LogP contribution is -2.21. The first-order valence-corrected chi connectivity index (χ1v) is 8.73. The van der Waals surface area contributed by atoms with E-state index in [0.29, 0.717) is 5.69 Å². The quantitative estimate of drug-likeness (QED) is 0.597. The number of anilines is 4. The Hall–Kier alpha value is -3.20. The van der Waals surface area contributed by atoms with Gasteiger partial charge in [0, 0.05) is 12.4 Å². The molecule has 0 spiro atoms. The number of carbonyl (C=O) groups excluding carboxylic acids is 1. The maximum absolute atomic E-state index is 14.1. The molecular weight excluding hydrogens is 385 g/mol. The summed E-state index contributed by atoms with van der Waals surface area (Å²) >= 11 is 6.04. The first kappa shape index (κ1) is 19.6. The van der Waals surface area contributed by atoms with Crippen molar-refractivity contribution in [2.75, 3.05) is 10.6 Å². The molecule has 0 saturated heterocycles. The average molecular weight is 404 g/mol. The summed E-state index contributed by atoms with van der Waals surface area (Å²) in [5.41, 5.74) is 5.82. The third kappa shape index (κ3) is 4.20. The lowest BCUT2D eigenvalue weighted by molar-refractivity contribution is 0.100. The zero-order valence-corrected chi connectivity index (χ0v) is 16.3. The molecule has 2 aromatic heterocycles. The third-order valence-electron chi connectivity index (χ3n) is 3.79. The van der Waals surface area contributed by atoms with Crippen LogP contribution in [0.15, 0.2) is 36.8 Å². The third-order valence-corrected chi connectivity index (χ3v) is 4.10. The average Bonchev–Trinajstić information content (AvgIpc) is 3.07. The monoisotopic (exact) mass is 403 g/mol. The number of benzene rings is 1. The van der Waals surface area contributed by atoms with Gasteiger partial charge >= 0.3 is 0 Å². The Kier molecular flexibility index (Phi) is 5.19. The topological polar surface area (TPSA) is 111 Å². The maximum Gasteiger partial charge on any atom is 0.254 e. The van der Waals surface area contributed by atoms with Crippen molar-refractivity contribution < 1.29 is 9.18 Å². The standard InChI is InChI=1S/C18H19ClFN7O/c1-18(2,3)27-9-10(7-23-27)24-17-22-8-11(15(21)28)16(26-17)25-14-12(19)5-4-6-13(14)20/h4-9H,1-3H3,(H2,21,28)(H2,22,24,25,26). The molecule has 1 amide bonds. The molecule has 8 nitrogen and oxygen atoms in total. The minimum atomic E-state index is -0.762. The minimum Gasteiger partial charge on any atom is -0.365 e. The van der Waals surface area contributed by atoms with E-state index < -0.39 is 11.7 Å². The van der Waals surface area contributed by atoms with Crippen LogP contribution in [0.4, 0.5) is 27.5 Å². The first-order chi connectivity index (χ1) is 13.1. The largest absolute Gasteiger partial charge is 0.365 e. The first-order valence-electron chi connectivity index (χ1n) is 8.35. The van der Waals surface area contributed by atoms with E-state index in [-0.39, 0.29) is 33.6 Å². The molecule has 0 radical (unpaired) electrons. The molecule has 0 aliphatic heterocycles. The summed E-state index contributed by atoms with van der Waals surface area (Å²) in [6.07, 6.45) is 4.67. The molecule has 3 aromatic rings. The van der Waals surface area contributed by atoms with E-state index in [2.05, 4.69) is 25.7 Å². The lowest BCUT2D eigenvalue weighted by Gasteiger charge is -2.18. The normalized spacial score (nSPS) is 11.3. The van der Waals surface area contributed by atoms with Crippen LogP contribution in [0.1, 0.15) is 31.1 Å². The molecule has 0 aliphatic rings. The van der Waals surface area contributed by atoms with Crippen LogP contribution in [0.25, 0.3) is 0 Å². The maximum atomic E-state index is 14.1. The highest BCUT2D eigenvalue weighted by Crippen LogP contribution is 2.29. The van der Waals surface area contributed by atoms with E-state index in [1.165, 1.54) is 24.4 Å². The molecule has 1 aromatic carbocycles. The van der Waals surface area contributed by atoms with Gasteiger partial charge in [-0.25, -0.2) is 9.37 Å². The van der Waals surface area contributed by atoms with E-state index in [9.17, 15) is 9.18 Å². The van der Waals surface area contributed by atoms with Crippen molar-refractivity contribution in [2.24, 2.45) is 5.73 Å². The van der Waals surface area contributed by atoms with Gasteiger partial charge in [-0.3, -0.25) is 9.48 Å². The number of nitrogens with zero attached hydrogens (tertiary/aromatic N) is 4. The molecule has 0 saturated carbocycles. The van der Waals surface area contributed by atoms with Crippen molar-refractivity contribution in [1.29, 1.82) is 0 Å². The molecule has 3 rings (SSSR count). The van der Waals surface area contributed by atoms with Crippen LogP contribution < -0.4 is 16.4 Å². The predicted molar refractivity (Wildman–Crippen MR) is 106 cm³/mol. The number of hydrogen-bond donors (Lipinski definition) is 3. The van der Waals surface area contributed by atoms with Gasteiger partial charge in [-0.05, 0) is 32.9 Å². The van der Waals surface area contributed by atoms with Gasteiger partial charge in [0.2, 0.25) is 5.95 Å². The minimum absolute atomic E-state index is 0.00439. The molecule has 4 N–H and O–H groups in total. The Morgan fingerprint density at radius 2 is 2.00 bits per heavy atom. The molecule has 0 bridgehead atoms. The van der Waals surface area contributed by atoms with Crippen molar-refractivity contribution in [3.63, 3.8) is 0 Å². The summed E-state index contributed by atoms with van der Waals surface area (Å²) in [5.74, 6) is -1.15. The molecule has 28 heavy (non-hydrogen) atoms. The Morgan fingerprint density at radius 3 is 2.61 bits per heavy atom. The molecule has 2 heterocycles. The number of halogens is 2. The molecule has 0 aliphatic carbocycles. The van der Waals surface area contributed by atoms with E-state index in [0.717, 1.165) is 0 Å². The second-order valence-corrected chi connectivity index (χ2v) is 7.42. The molecular formula is C18H19ClFN7O. The second kappa shape index (κ2) is 7.43. The van der Waals surface area contributed by atoms with Crippen LogP contribution >= 0.6 is 11.6 Å². The summed E-state index contributed by atoms with van der Waals surface area (Å²) in [7, 11) is 0. The van der Waals surface area contributed by atoms with Crippen molar-refractivity contribution in [3.05, 3.63) is 53.2 Å². The van der Waals surface area contributed by atoms with Crippen LogP contribution in [-0.4, -0.2) is 25.7 Å². The van der Waals surface area contributed by atoms with Crippen LogP contribution in [0, 0.1) is 5.82 Å². The van der Waals surface area contributed by atoms with Gasteiger partial charge in [0.15, 0.2) is 0 Å². The smallest absolute Gasteiger partial charge is 0.254 e. The zero-order valence-electron chi connectivity index (χ0n) is 15.5. The van der Waals surface area contributed by atoms with E-state index in [1.807, 2.05) is 20.8 Å². The Morgan fingerprint density at radius 1 is 1.25 bits per heavy atom. The number of amides is 1. The van der Waals surface area contributed by atoms with E-state index >= 15 is 0 Å². The summed E-state index contributed by atoms with van der Waals surface area (Å²) in [6, 6.07) is 4.22. The van der Waals surface area contributed by atoms with Crippen molar-refractivity contribution >= 4 is 40.6 Å². The highest BCUT2D eigenvalue weighted by Gasteiger charge is 2.17. The van der Waals surface area contributed by atoms with Crippen molar-refractivity contribution in [2.45, 2.75) is 26.3 Å². The fourth-order valence-electron chi connectivity index (χ4n) is 2.34. The molecule has 0 fully saturated rings.